The summed E-state index contributed by atoms with van der Waals surface area (Å²) in [6.45, 7) is 5.45. The predicted molar refractivity (Wildman–Crippen MR) is 101 cm³/mol. The fourth-order valence-electron chi connectivity index (χ4n) is 3.07. The Morgan fingerprint density at radius 1 is 1.08 bits per heavy atom. The van der Waals surface area contributed by atoms with Crippen molar-refractivity contribution in [3.8, 4) is 17.6 Å². The molecule has 0 amide bonds. The molecule has 0 aliphatic carbocycles. The van der Waals surface area contributed by atoms with Gasteiger partial charge in [0, 0.05) is 38.9 Å². The van der Waals surface area contributed by atoms with Gasteiger partial charge in [0.15, 0.2) is 0 Å². The van der Waals surface area contributed by atoms with E-state index in [1.807, 2.05) is 30.3 Å². The van der Waals surface area contributed by atoms with Crippen molar-refractivity contribution in [3.05, 3.63) is 48.2 Å². The summed E-state index contributed by atoms with van der Waals surface area (Å²) in [5, 5.41) is 9.22. The third-order valence-corrected chi connectivity index (χ3v) is 4.53. The third-order valence-electron chi connectivity index (χ3n) is 4.53. The summed E-state index contributed by atoms with van der Waals surface area (Å²) in [5.41, 5.74) is 0.647. The molecule has 1 fully saturated rings. The van der Waals surface area contributed by atoms with Crippen LogP contribution >= 0.6 is 0 Å². The molecular weight excluding hydrogens is 328 g/mol. The lowest BCUT2D eigenvalue weighted by Crippen LogP contribution is -2.47. The number of aromatic nitrogens is 1. The Labute approximate surface area is 154 Å². The van der Waals surface area contributed by atoms with Crippen LogP contribution < -0.4 is 14.4 Å². The van der Waals surface area contributed by atoms with E-state index in [1.165, 1.54) is 0 Å². The maximum absolute atomic E-state index is 9.22. The third kappa shape index (κ3) is 4.64. The molecule has 1 aliphatic heterocycles. The standard InChI is InChI=1S/C20H24N4O2/c1-25-18-5-7-19(8-6-18)26-15-3-10-23-11-13-24(14-12-23)20-17(16-21)4-2-9-22-20/h2,4-9H,3,10-15H2,1H3. The molecule has 1 aromatic heterocycles. The van der Waals surface area contributed by atoms with Gasteiger partial charge in [0.1, 0.15) is 23.4 Å². The molecule has 0 bridgehead atoms. The highest BCUT2D eigenvalue weighted by Gasteiger charge is 2.19. The smallest absolute Gasteiger partial charge is 0.146 e. The molecule has 1 aromatic carbocycles. The van der Waals surface area contributed by atoms with Gasteiger partial charge in [-0.3, -0.25) is 4.90 Å². The normalized spacial score (nSPS) is 14.7. The first-order chi connectivity index (χ1) is 12.8. The Bertz CT molecular complexity index is 734. The molecule has 3 rings (SSSR count). The molecule has 1 saturated heterocycles. The fourth-order valence-corrected chi connectivity index (χ4v) is 3.07. The van der Waals surface area contributed by atoms with Crippen molar-refractivity contribution in [2.75, 3.05) is 51.3 Å². The van der Waals surface area contributed by atoms with Crippen LogP contribution in [0.4, 0.5) is 5.82 Å². The molecule has 0 spiro atoms. The second kappa shape index (κ2) is 9.07. The Balaban J connectivity index is 1.38. The van der Waals surface area contributed by atoms with Gasteiger partial charge in [-0.05, 0) is 42.8 Å². The van der Waals surface area contributed by atoms with Crippen LogP contribution in [0.5, 0.6) is 11.5 Å². The van der Waals surface area contributed by atoms with E-state index in [9.17, 15) is 5.26 Å². The molecule has 0 atom stereocenters. The summed E-state index contributed by atoms with van der Waals surface area (Å²) < 4.78 is 10.9. The Morgan fingerprint density at radius 2 is 1.81 bits per heavy atom. The van der Waals surface area contributed by atoms with E-state index in [0.717, 1.165) is 56.5 Å². The van der Waals surface area contributed by atoms with Gasteiger partial charge in [-0.25, -0.2) is 4.98 Å². The summed E-state index contributed by atoms with van der Waals surface area (Å²) in [6.07, 6.45) is 2.73. The van der Waals surface area contributed by atoms with Gasteiger partial charge in [0.05, 0.1) is 19.3 Å². The molecule has 6 nitrogen and oxygen atoms in total. The van der Waals surface area contributed by atoms with Gasteiger partial charge >= 0.3 is 0 Å². The first-order valence-corrected chi connectivity index (χ1v) is 8.89. The highest BCUT2D eigenvalue weighted by atomic mass is 16.5. The Kier molecular flexibility index (Phi) is 6.29. The average Bonchev–Trinajstić information content (AvgIpc) is 2.72. The van der Waals surface area contributed by atoms with Crippen LogP contribution in [0.15, 0.2) is 42.6 Å². The summed E-state index contributed by atoms with van der Waals surface area (Å²) in [7, 11) is 1.66. The minimum absolute atomic E-state index is 0.647. The molecule has 0 radical (unpaired) electrons. The van der Waals surface area contributed by atoms with Gasteiger partial charge in [0.2, 0.25) is 0 Å². The zero-order valence-electron chi connectivity index (χ0n) is 15.1. The molecule has 2 aromatic rings. The van der Waals surface area contributed by atoms with Crippen LogP contribution in [0, 0.1) is 11.3 Å². The highest BCUT2D eigenvalue weighted by molar-refractivity contribution is 5.53. The SMILES string of the molecule is COc1ccc(OCCCN2CCN(c3ncccc3C#N)CC2)cc1. The van der Waals surface area contributed by atoms with Gasteiger partial charge in [-0.1, -0.05) is 0 Å². The largest absolute Gasteiger partial charge is 0.497 e. The number of nitrogens with zero attached hydrogens (tertiary/aromatic N) is 4. The van der Waals surface area contributed by atoms with Gasteiger partial charge < -0.3 is 14.4 Å². The van der Waals surface area contributed by atoms with Gasteiger partial charge in [0.25, 0.3) is 0 Å². The number of benzene rings is 1. The monoisotopic (exact) mass is 352 g/mol. The summed E-state index contributed by atoms with van der Waals surface area (Å²) >= 11 is 0. The lowest BCUT2D eigenvalue weighted by molar-refractivity contribution is 0.224. The molecule has 2 heterocycles. The minimum atomic E-state index is 0.647. The topological polar surface area (TPSA) is 61.6 Å². The van der Waals surface area contributed by atoms with Crippen molar-refractivity contribution in [1.29, 1.82) is 5.26 Å². The molecule has 0 saturated carbocycles. The maximum Gasteiger partial charge on any atom is 0.146 e. The first kappa shape index (κ1) is 18.0. The lowest BCUT2D eigenvalue weighted by atomic mass is 10.2. The van der Waals surface area contributed by atoms with Crippen LogP contribution in [0.3, 0.4) is 0 Å². The Morgan fingerprint density at radius 3 is 2.50 bits per heavy atom. The lowest BCUT2D eigenvalue weighted by Gasteiger charge is -2.35. The predicted octanol–water partition coefficient (Wildman–Crippen LogP) is 2.55. The van der Waals surface area contributed by atoms with Crippen molar-refractivity contribution >= 4 is 5.82 Å². The van der Waals surface area contributed by atoms with Crippen molar-refractivity contribution < 1.29 is 9.47 Å². The molecular formula is C20H24N4O2. The number of rotatable bonds is 7. The number of ether oxygens (including phenoxy) is 2. The number of hydrogen-bond acceptors (Lipinski definition) is 6. The van der Waals surface area contributed by atoms with Crippen molar-refractivity contribution in [1.82, 2.24) is 9.88 Å². The van der Waals surface area contributed by atoms with E-state index in [4.69, 9.17) is 9.47 Å². The average molecular weight is 352 g/mol. The fraction of sp³-hybridized carbons (Fsp3) is 0.400. The molecule has 0 N–H and O–H groups in total. The maximum atomic E-state index is 9.22. The van der Waals surface area contributed by atoms with E-state index < -0.39 is 0 Å². The van der Waals surface area contributed by atoms with E-state index in [0.29, 0.717) is 12.2 Å². The number of hydrogen-bond donors (Lipinski definition) is 0. The highest BCUT2D eigenvalue weighted by Crippen LogP contribution is 2.19. The van der Waals surface area contributed by atoms with Gasteiger partial charge in [-0.2, -0.15) is 5.26 Å². The van der Waals surface area contributed by atoms with Crippen molar-refractivity contribution in [2.45, 2.75) is 6.42 Å². The number of pyridine rings is 1. The quantitative estimate of drug-likeness (QED) is 0.714. The number of piperazine rings is 1. The van der Waals surface area contributed by atoms with Crippen LogP contribution in [0.1, 0.15) is 12.0 Å². The van der Waals surface area contributed by atoms with E-state index in [-0.39, 0.29) is 0 Å². The van der Waals surface area contributed by atoms with Crippen LogP contribution in [-0.4, -0.2) is 56.3 Å². The van der Waals surface area contributed by atoms with Crippen LogP contribution in [-0.2, 0) is 0 Å². The second-order valence-electron chi connectivity index (χ2n) is 6.19. The molecule has 26 heavy (non-hydrogen) atoms. The summed E-state index contributed by atoms with van der Waals surface area (Å²) in [6, 6.07) is 13.5. The minimum Gasteiger partial charge on any atom is -0.497 e. The zero-order chi connectivity index (χ0) is 18.2. The molecule has 1 aliphatic rings. The molecule has 0 unspecified atom stereocenters. The van der Waals surface area contributed by atoms with E-state index >= 15 is 0 Å². The molecule has 136 valence electrons. The molecule has 6 heteroatoms. The number of nitriles is 1. The van der Waals surface area contributed by atoms with Crippen LogP contribution in [0.25, 0.3) is 0 Å². The van der Waals surface area contributed by atoms with Crippen LogP contribution in [0.2, 0.25) is 0 Å². The summed E-state index contributed by atoms with van der Waals surface area (Å²) in [4.78, 5) is 9.01. The van der Waals surface area contributed by atoms with Crippen molar-refractivity contribution in [3.63, 3.8) is 0 Å². The van der Waals surface area contributed by atoms with E-state index in [1.54, 1.807) is 19.4 Å². The Hall–Kier alpha value is -2.78. The van der Waals surface area contributed by atoms with E-state index in [2.05, 4.69) is 20.9 Å². The summed E-state index contributed by atoms with van der Waals surface area (Å²) in [5.74, 6) is 2.51. The second-order valence-corrected chi connectivity index (χ2v) is 6.19. The zero-order valence-corrected chi connectivity index (χ0v) is 15.1. The number of anilines is 1. The van der Waals surface area contributed by atoms with Crippen molar-refractivity contribution in [2.24, 2.45) is 0 Å². The number of methoxy groups -OCH3 is 1. The van der Waals surface area contributed by atoms with Gasteiger partial charge in [-0.15, -0.1) is 0 Å². The first-order valence-electron chi connectivity index (χ1n) is 8.89.